The molecule has 0 saturated carbocycles. The van der Waals surface area contributed by atoms with Gasteiger partial charge in [-0.05, 0) is 19.3 Å². The SMILES string of the molecule is COC(=O)[C@H]1CCCc2[nH]ncc21. The molecular formula is C9H12N2O2. The summed E-state index contributed by atoms with van der Waals surface area (Å²) in [5, 5.41) is 6.85. The van der Waals surface area contributed by atoms with Gasteiger partial charge in [-0.3, -0.25) is 9.89 Å². The summed E-state index contributed by atoms with van der Waals surface area (Å²) in [7, 11) is 1.43. The molecule has 1 atom stereocenters. The van der Waals surface area contributed by atoms with Crippen molar-refractivity contribution in [2.45, 2.75) is 25.2 Å². The van der Waals surface area contributed by atoms with Crippen LogP contribution in [0.3, 0.4) is 0 Å². The lowest BCUT2D eigenvalue weighted by Gasteiger charge is -2.18. The molecule has 1 aliphatic carbocycles. The number of aromatic amines is 1. The van der Waals surface area contributed by atoms with Crippen LogP contribution in [0.4, 0.5) is 0 Å². The molecule has 0 bridgehead atoms. The minimum atomic E-state index is -0.151. The first-order valence-corrected chi connectivity index (χ1v) is 4.43. The van der Waals surface area contributed by atoms with Crippen LogP contribution in [0.1, 0.15) is 30.0 Å². The van der Waals surface area contributed by atoms with Crippen molar-refractivity contribution in [3.05, 3.63) is 17.5 Å². The summed E-state index contributed by atoms with van der Waals surface area (Å²) >= 11 is 0. The van der Waals surface area contributed by atoms with E-state index in [0.717, 1.165) is 30.5 Å². The van der Waals surface area contributed by atoms with E-state index in [1.165, 1.54) is 7.11 Å². The number of aromatic nitrogens is 2. The molecule has 13 heavy (non-hydrogen) atoms. The number of nitrogens with one attached hydrogen (secondary N) is 1. The zero-order chi connectivity index (χ0) is 9.26. The van der Waals surface area contributed by atoms with Crippen LogP contribution in [0.15, 0.2) is 6.20 Å². The van der Waals surface area contributed by atoms with E-state index in [4.69, 9.17) is 4.74 Å². The standard InChI is InChI=1S/C9H12N2O2/c1-13-9(12)6-3-2-4-8-7(6)5-10-11-8/h5-6H,2-4H2,1H3,(H,10,11)/t6-/m0/s1. The van der Waals surface area contributed by atoms with Gasteiger partial charge >= 0.3 is 5.97 Å². The molecule has 0 spiro atoms. The topological polar surface area (TPSA) is 55.0 Å². The van der Waals surface area contributed by atoms with Crippen molar-refractivity contribution in [1.29, 1.82) is 0 Å². The molecule has 1 aromatic rings. The van der Waals surface area contributed by atoms with Crippen molar-refractivity contribution in [1.82, 2.24) is 10.2 Å². The van der Waals surface area contributed by atoms with Gasteiger partial charge in [0.05, 0.1) is 19.2 Å². The average molecular weight is 180 g/mol. The molecule has 0 aliphatic heterocycles. The van der Waals surface area contributed by atoms with E-state index in [0.29, 0.717) is 0 Å². The van der Waals surface area contributed by atoms with Gasteiger partial charge in [-0.2, -0.15) is 5.10 Å². The van der Waals surface area contributed by atoms with Crippen LogP contribution in [0, 0.1) is 0 Å². The third-order valence-electron chi connectivity index (χ3n) is 2.53. The van der Waals surface area contributed by atoms with Crippen LogP contribution in [0.5, 0.6) is 0 Å². The Morgan fingerprint density at radius 3 is 3.38 bits per heavy atom. The summed E-state index contributed by atoms with van der Waals surface area (Å²) in [5.74, 6) is -0.255. The van der Waals surface area contributed by atoms with Gasteiger partial charge in [0, 0.05) is 11.3 Å². The third kappa shape index (κ3) is 1.32. The molecule has 0 fully saturated rings. The molecule has 0 amide bonds. The van der Waals surface area contributed by atoms with Gasteiger partial charge in [-0.15, -0.1) is 0 Å². The van der Waals surface area contributed by atoms with Crippen LogP contribution in [-0.2, 0) is 16.0 Å². The van der Waals surface area contributed by atoms with Crippen molar-refractivity contribution < 1.29 is 9.53 Å². The number of esters is 1. The third-order valence-corrected chi connectivity index (χ3v) is 2.53. The fourth-order valence-electron chi connectivity index (χ4n) is 1.85. The Morgan fingerprint density at radius 2 is 2.62 bits per heavy atom. The Kier molecular flexibility index (Phi) is 2.04. The summed E-state index contributed by atoms with van der Waals surface area (Å²) in [6, 6.07) is 0. The molecule has 1 aliphatic rings. The van der Waals surface area contributed by atoms with Crippen LogP contribution in [0.25, 0.3) is 0 Å². The normalized spacial score (nSPS) is 20.8. The smallest absolute Gasteiger partial charge is 0.313 e. The van der Waals surface area contributed by atoms with Crippen molar-refractivity contribution in [2.24, 2.45) is 0 Å². The highest BCUT2D eigenvalue weighted by atomic mass is 16.5. The number of rotatable bonds is 1. The van der Waals surface area contributed by atoms with Crippen LogP contribution in [0.2, 0.25) is 0 Å². The van der Waals surface area contributed by atoms with E-state index < -0.39 is 0 Å². The monoisotopic (exact) mass is 180 g/mol. The van der Waals surface area contributed by atoms with Crippen molar-refractivity contribution in [2.75, 3.05) is 7.11 Å². The van der Waals surface area contributed by atoms with Crippen molar-refractivity contribution >= 4 is 5.97 Å². The minimum absolute atomic E-state index is 0.104. The minimum Gasteiger partial charge on any atom is -0.469 e. The van der Waals surface area contributed by atoms with Gasteiger partial charge in [0.15, 0.2) is 0 Å². The largest absolute Gasteiger partial charge is 0.469 e. The maximum absolute atomic E-state index is 11.4. The summed E-state index contributed by atoms with van der Waals surface area (Å²) in [5.41, 5.74) is 2.10. The summed E-state index contributed by atoms with van der Waals surface area (Å²) in [6.07, 6.45) is 4.62. The molecule has 1 heterocycles. The number of methoxy groups -OCH3 is 1. The Bertz CT molecular complexity index is 319. The number of ether oxygens (including phenoxy) is 1. The molecule has 4 heteroatoms. The van der Waals surface area contributed by atoms with E-state index in [1.807, 2.05) is 0 Å². The second kappa shape index (κ2) is 3.20. The van der Waals surface area contributed by atoms with E-state index in [2.05, 4.69) is 10.2 Å². The van der Waals surface area contributed by atoms with E-state index in [9.17, 15) is 4.79 Å². The Balaban J connectivity index is 2.30. The summed E-state index contributed by atoms with van der Waals surface area (Å²) in [6.45, 7) is 0. The van der Waals surface area contributed by atoms with Crippen molar-refractivity contribution in [3.8, 4) is 0 Å². The first-order valence-electron chi connectivity index (χ1n) is 4.43. The quantitative estimate of drug-likeness (QED) is 0.656. The highest BCUT2D eigenvalue weighted by Gasteiger charge is 2.28. The predicted octanol–water partition coefficient (Wildman–Crippen LogP) is 1.00. The molecular weight excluding hydrogens is 168 g/mol. The van der Waals surface area contributed by atoms with E-state index in [-0.39, 0.29) is 11.9 Å². The second-order valence-corrected chi connectivity index (χ2v) is 3.27. The van der Waals surface area contributed by atoms with Crippen molar-refractivity contribution in [3.63, 3.8) is 0 Å². The Labute approximate surface area is 76.3 Å². The molecule has 0 saturated heterocycles. The van der Waals surface area contributed by atoms with Crippen LogP contribution >= 0.6 is 0 Å². The first kappa shape index (κ1) is 8.29. The number of H-pyrrole nitrogens is 1. The summed E-state index contributed by atoms with van der Waals surface area (Å²) < 4.78 is 4.74. The number of hydrogen-bond donors (Lipinski definition) is 1. The van der Waals surface area contributed by atoms with Gasteiger partial charge in [0.2, 0.25) is 0 Å². The molecule has 2 rings (SSSR count). The zero-order valence-electron chi connectivity index (χ0n) is 7.54. The average Bonchev–Trinajstić information content (AvgIpc) is 2.63. The fourth-order valence-corrected chi connectivity index (χ4v) is 1.85. The van der Waals surface area contributed by atoms with Gasteiger partial charge in [0.25, 0.3) is 0 Å². The predicted molar refractivity (Wildman–Crippen MR) is 46.3 cm³/mol. The van der Waals surface area contributed by atoms with Gasteiger partial charge < -0.3 is 4.74 Å². The van der Waals surface area contributed by atoms with Gasteiger partial charge in [-0.1, -0.05) is 0 Å². The Hall–Kier alpha value is -1.32. The lowest BCUT2D eigenvalue weighted by atomic mass is 9.87. The lowest BCUT2D eigenvalue weighted by Crippen LogP contribution is -2.18. The molecule has 1 N–H and O–H groups in total. The lowest BCUT2D eigenvalue weighted by molar-refractivity contribution is -0.142. The van der Waals surface area contributed by atoms with Crippen LogP contribution in [-0.4, -0.2) is 23.3 Å². The number of fused-ring (bicyclic) bond motifs is 1. The van der Waals surface area contributed by atoms with Crippen LogP contribution < -0.4 is 0 Å². The summed E-state index contributed by atoms with van der Waals surface area (Å²) in [4.78, 5) is 11.4. The number of carbonyl (C=O) groups is 1. The Morgan fingerprint density at radius 1 is 1.77 bits per heavy atom. The van der Waals surface area contributed by atoms with E-state index >= 15 is 0 Å². The molecule has 70 valence electrons. The highest BCUT2D eigenvalue weighted by Crippen LogP contribution is 2.30. The maximum atomic E-state index is 11.4. The fraction of sp³-hybridized carbons (Fsp3) is 0.556. The molecule has 1 aromatic heterocycles. The number of nitrogens with zero attached hydrogens (tertiary/aromatic N) is 1. The number of aryl methyl sites for hydroxylation is 1. The molecule has 0 aromatic carbocycles. The second-order valence-electron chi connectivity index (χ2n) is 3.27. The maximum Gasteiger partial charge on any atom is 0.313 e. The highest BCUT2D eigenvalue weighted by molar-refractivity contribution is 5.78. The molecule has 0 radical (unpaired) electrons. The zero-order valence-corrected chi connectivity index (χ0v) is 7.54. The van der Waals surface area contributed by atoms with Gasteiger partial charge in [0.1, 0.15) is 0 Å². The number of hydrogen-bond acceptors (Lipinski definition) is 3. The van der Waals surface area contributed by atoms with Gasteiger partial charge in [-0.25, -0.2) is 0 Å². The number of carbonyl (C=O) groups excluding carboxylic acids is 1. The molecule has 0 unspecified atom stereocenters. The first-order chi connectivity index (χ1) is 6.33. The van der Waals surface area contributed by atoms with E-state index in [1.54, 1.807) is 6.20 Å². The molecule has 4 nitrogen and oxygen atoms in total.